The molecule has 2 aliphatic rings. The Balaban J connectivity index is 1.67. The van der Waals surface area contributed by atoms with Gasteiger partial charge in [0.05, 0.1) is 17.8 Å². The van der Waals surface area contributed by atoms with Gasteiger partial charge in [0.15, 0.2) is 0 Å². The van der Waals surface area contributed by atoms with E-state index in [0.717, 1.165) is 0 Å². The van der Waals surface area contributed by atoms with Crippen LogP contribution >= 0.6 is 23.2 Å². The molecule has 0 bridgehead atoms. The monoisotopic (exact) mass is 448 g/mol. The highest BCUT2D eigenvalue weighted by Gasteiger charge is 2.41. The summed E-state index contributed by atoms with van der Waals surface area (Å²) in [6.07, 6.45) is 0. The van der Waals surface area contributed by atoms with E-state index in [-0.39, 0.29) is 23.6 Å². The van der Waals surface area contributed by atoms with Crippen molar-refractivity contribution in [3.05, 3.63) is 105 Å². The largest absolute Gasteiger partial charge is 0.368 e. The second kappa shape index (κ2) is 7.69. The summed E-state index contributed by atoms with van der Waals surface area (Å²) in [5.41, 5.74) is 3.35. The van der Waals surface area contributed by atoms with Crippen molar-refractivity contribution in [2.24, 2.45) is 5.16 Å². The number of benzene rings is 3. The number of rotatable bonds is 3. The second-order valence-corrected chi connectivity index (χ2v) is 7.86. The average Bonchev–Trinajstić information content (AvgIpc) is 3.28. The molecule has 5 nitrogen and oxygen atoms in total. The highest BCUT2D eigenvalue weighted by Crippen LogP contribution is 2.42. The number of nitrogens with zero attached hydrogens (tertiary/aromatic N) is 2. The fourth-order valence-electron chi connectivity index (χ4n) is 3.81. The molecule has 0 radical (unpaired) electrons. The predicted molar refractivity (Wildman–Crippen MR) is 120 cm³/mol. The molecule has 0 N–H and O–H groups in total. The Morgan fingerprint density at radius 2 is 1.48 bits per heavy atom. The van der Waals surface area contributed by atoms with Gasteiger partial charge in [-0.15, -0.1) is 0 Å². The number of fused-ring (bicyclic) bond motifs is 1. The highest BCUT2D eigenvalue weighted by molar-refractivity contribution is 6.45. The number of oxime groups is 1. The third kappa shape index (κ3) is 3.23. The van der Waals surface area contributed by atoms with E-state index < -0.39 is 5.97 Å². The Morgan fingerprint density at radius 3 is 2.23 bits per heavy atom. The topological polar surface area (TPSA) is 59.0 Å². The fourth-order valence-corrected chi connectivity index (χ4v) is 4.33. The first-order chi connectivity index (χ1) is 15.1. The average molecular weight is 449 g/mol. The summed E-state index contributed by atoms with van der Waals surface area (Å²) in [5.74, 6) is -0.996. The summed E-state index contributed by atoms with van der Waals surface area (Å²) in [4.78, 5) is 32.8. The van der Waals surface area contributed by atoms with E-state index >= 15 is 0 Å². The van der Waals surface area contributed by atoms with E-state index in [2.05, 4.69) is 5.16 Å². The molecule has 2 heterocycles. The van der Waals surface area contributed by atoms with E-state index in [9.17, 15) is 9.59 Å². The van der Waals surface area contributed by atoms with Gasteiger partial charge in [0.1, 0.15) is 11.3 Å². The molecule has 0 aromatic heterocycles. The Hall–Kier alpha value is -3.41. The van der Waals surface area contributed by atoms with Crippen molar-refractivity contribution >= 4 is 52.1 Å². The van der Waals surface area contributed by atoms with Gasteiger partial charge in [0, 0.05) is 26.7 Å². The summed E-state index contributed by atoms with van der Waals surface area (Å²) in [5, 5.41) is 4.88. The molecule has 5 rings (SSSR count). The van der Waals surface area contributed by atoms with Crippen molar-refractivity contribution in [3.8, 4) is 0 Å². The van der Waals surface area contributed by atoms with E-state index in [0.29, 0.717) is 38.1 Å². The SMILES string of the molecule is O=C1ON=C(c2ccccc2)C1=C1C(=O)N(Cc2c(Cl)cccc2Cl)c2ccccc21. The van der Waals surface area contributed by atoms with Crippen molar-refractivity contribution in [1.82, 2.24) is 0 Å². The molecule has 31 heavy (non-hydrogen) atoms. The predicted octanol–water partition coefficient (Wildman–Crippen LogP) is 5.25. The summed E-state index contributed by atoms with van der Waals surface area (Å²) in [6, 6.07) is 21.6. The standard InChI is InChI=1S/C24H14Cl2N2O3/c25-17-10-6-11-18(26)16(17)13-28-19-12-5-4-9-15(19)20(23(28)29)21-22(27-31-24(21)30)14-7-2-1-3-8-14/h1-12H,13H2. The first-order valence-corrected chi connectivity index (χ1v) is 10.3. The van der Waals surface area contributed by atoms with Crippen LogP contribution in [-0.4, -0.2) is 17.6 Å². The Kier molecular flexibility index (Phi) is 4.85. The van der Waals surface area contributed by atoms with Crippen LogP contribution in [0.25, 0.3) is 5.57 Å². The van der Waals surface area contributed by atoms with Crippen LogP contribution in [0.15, 0.2) is 83.5 Å². The number of halogens is 2. The van der Waals surface area contributed by atoms with E-state index in [1.165, 1.54) is 0 Å². The van der Waals surface area contributed by atoms with Gasteiger partial charge in [0.2, 0.25) is 0 Å². The van der Waals surface area contributed by atoms with E-state index in [4.69, 9.17) is 28.0 Å². The van der Waals surface area contributed by atoms with Gasteiger partial charge >= 0.3 is 5.97 Å². The van der Waals surface area contributed by atoms with Gasteiger partial charge < -0.3 is 9.74 Å². The number of hydrogen-bond donors (Lipinski definition) is 0. The quantitative estimate of drug-likeness (QED) is 0.405. The normalized spacial score (nSPS) is 17.6. The maximum atomic E-state index is 13.6. The molecule has 2 aliphatic heterocycles. The second-order valence-electron chi connectivity index (χ2n) is 7.04. The number of carbonyl (C=O) groups is 2. The van der Waals surface area contributed by atoms with Crippen LogP contribution in [0.4, 0.5) is 5.69 Å². The van der Waals surface area contributed by atoms with Gasteiger partial charge in [-0.2, -0.15) is 0 Å². The number of hydrogen-bond acceptors (Lipinski definition) is 4. The smallest absolute Gasteiger partial charge is 0.312 e. The van der Waals surface area contributed by atoms with Crippen molar-refractivity contribution in [3.63, 3.8) is 0 Å². The van der Waals surface area contributed by atoms with Crippen molar-refractivity contribution in [2.75, 3.05) is 4.90 Å². The third-order valence-electron chi connectivity index (χ3n) is 5.26. The van der Waals surface area contributed by atoms with Crippen LogP contribution in [-0.2, 0) is 21.0 Å². The summed E-state index contributed by atoms with van der Waals surface area (Å²) < 4.78 is 0. The summed E-state index contributed by atoms with van der Waals surface area (Å²) in [6.45, 7) is 0.165. The van der Waals surface area contributed by atoms with Crippen molar-refractivity contribution < 1.29 is 14.4 Å². The number of carbonyl (C=O) groups excluding carboxylic acids is 2. The molecule has 0 spiro atoms. The molecule has 0 aliphatic carbocycles. The van der Waals surface area contributed by atoms with Crippen LogP contribution in [0.2, 0.25) is 10.0 Å². The molecular formula is C24H14Cl2N2O3. The molecule has 0 saturated heterocycles. The van der Waals surface area contributed by atoms with Crippen molar-refractivity contribution in [1.29, 1.82) is 0 Å². The first-order valence-electron chi connectivity index (χ1n) is 9.50. The molecule has 0 unspecified atom stereocenters. The van der Waals surface area contributed by atoms with Crippen molar-refractivity contribution in [2.45, 2.75) is 6.54 Å². The lowest BCUT2D eigenvalue weighted by Crippen LogP contribution is -2.27. The van der Waals surface area contributed by atoms with Gasteiger partial charge in [0.25, 0.3) is 5.91 Å². The van der Waals surface area contributed by atoms with Gasteiger partial charge in [-0.05, 0) is 18.2 Å². The van der Waals surface area contributed by atoms with Crippen LogP contribution in [0, 0.1) is 0 Å². The molecule has 0 atom stereocenters. The Labute approximate surface area is 188 Å². The lowest BCUT2D eigenvalue weighted by Gasteiger charge is -2.19. The third-order valence-corrected chi connectivity index (χ3v) is 5.97. The molecule has 3 aromatic rings. The van der Waals surface area contributed by atoms with Gasteiger partial charge in [-0.3, -0.25) is 4.79 Å². The Bertz CT molecular complexity index is 1280. The zero-order valence-corrected chi connectivity index (χ0v) is 17.5. The molecule has 0 saturated carbocycles. The molecule has 152 valence electrons. The van der Waals surface area contributed by atoms with Crippen LogP contribution in [0.3, 0.4) is 0 Å². The molecule has 0 fully saturated rings. The number of amides is 1. The minimum atomic E-state index is -0.658. The Morgan fingerprint density at radius 1 is 0.806 bits per heavy atom. The lowest BCUT2D eigenvalue weighted by molar-refractivity contribution is -0.137. The van der Waals surface area contributed by atoms with E-state index in [1.807, 2.05) is 48.5 Å². The molecule has 7 heteroatoms. The number of para-hydroxylation sites is 1. The van der Waals surface area contributed by atoms with Crippen LogP contribution in [0.5, 0.6) is 0 Å². The summed E-state index contributed by atoms with van der Waals surface area (Å²) in [7, 11) is 0. The zero-order valence-electron chi connectivity index (χ0n) is 16.0. The molecule has 3 aromatic carbocycles. The fraction of sp³-hybridized carbons (Fsp3) is 0.0417. The molecule has 1 amide bonds. The van der Waals surface area contributed by atoms with Gasteiger partial charge in [-0.1, -0.05) is 83.0 Å². The summed E-state index contributed by atoms with van der Waals surface area (Å²) >= 11 is 12.7. The number of anilines is 1. The highest BCUT2D eigenvalue weighted by atomic mass is 35.5. The molecular weight excluding hydrogens is 435 g/mol. The minimum absolute atomic E-state index is 0.149. The van der Waals surface area contributed by atoms with Crippen LogP contribution < -0.4 is 4.90 Å². The maximum absolute atomic E-state index is 13.6. The zero-order chi connectivity index (χ0) is 21.5. The lowest BCUT2D eigenvalue weighted by atomic mass is 9.94. The first kappa shape index (κ1) is 19.5. The van der Waals surface area contributed by atoms with E-state index in [1.54, 1.807) is 29.2 Å². The van der Waals surface area contributed by atoms with Gasteiger partial charge in [-0.25, -0.2) is 4.79 Å². The van der Waals surface area contributed by atoms with Crippen LogP contribution in [0.1, 0.15) is 16.7 Å². The maximum Gasteiger partial charge on any atom is 0.368 e. The minimum Gasteiger partial charge on any atom is -0.312 e.